The van der Waals surface area contributed by atoms with Gasteiger partial charge in [-0.15, -0.1) is 0 Å². The quantitative estimate of drug-likeness (QED) is 0.729. The summed E-state index contributed by atoms with van der Waals surface area (Å²) in [6, 6.07) is 8.73. The lowest BCUT2D eigenvalue weighted by molar-refractivity contribution is -0.149. The molecule has 1 aliphatic rings. The minimum atomic E-state index is -0.554. The van der Waals surface area contributed by atoms with E-state index in [0.717, 1.165) is 11.4 Å². The summed E-state index contributed by atoms with van der Waals surface area (Å²) in [6.07, 6.45) is 2.82. The highest BCUT2D eigenvalue weighted by Crippen LogP contribution is 2.18. The number of piperidine rings is 1. The molecule has 1 saturated heterocycles. The molecule has 0 N–H and O–H groups in total. The molecule has 148 valence electrons. The van der Waals surface area contributed by atoms with Gasteiger partial charge >= 0.3 is 11.9 Å². The fourth-order valence-corrected chi connectivity index (χ4v) is 3.21. The summed E-state index contributed by atoms with van der Waals surface area (Å²) < 4.78 is 11.6. The second kappa shape index (κ2) is 8.69. The third-order valence-electron chi connectivity index (χ3n) is 4.89. The zero-order valence-electron chi connectivity index (χ0n) is 16.0. The molecule has 1 amide bonds. The van der Waals surface area contributed by atoms with E-state index in [2.05, 4.69) is 5.10 Å². The summed E-state index contributed by atoms with van der Waals surface area (Å²) in [7, 11) is 1.36. The molecule has 1 aromatic heterocycles. The first-order valence-corrected chi connectivity index (χ1v) is 9.13. The van der Waals surface area contributed by atoms with Crippen LogP contribution in [0.2, 0.25) is 0 Å². The number of esters is 2. The third kappa shape index (κ3) is 4.39. The number of aromatic nitrogens is 2. The predicted molar refractivity (Wildman–Crippen MR) is 99.9 cm³/mol. The first kappa shape index (κ1) is 19.6. The molecule has 0 aliphatic carbocycles. The predicted octanol–water partition coefficient (Wildman–Crippen LogP) is 1.75. The SMILES string of the molecule is COC(=O)C1CCN(C(=O)COC(=O)c2ccc(-n3nccc3C)cc2)CC1. The molecule has 1 aromatic carbocycles. The molecule has 0 bridgehead atoms. The standard InChI is InChI=1S/C20H23N3O5/c1-14-7-10-21-23(14)17-5-3-15(4-6-17)20(26)28-13-18(24)22-11-8-16(9-12-22)19(25)27-2/h3-7,10,16H,8-9,11-13H2,1-2H3. The van der Waals surface area contributed by atoms with Crippen molar-refractivity contribution >= 4 is 17.8 Å². The van der Waals surface area contributed by atoms with Gasteiger partial charge in [0.1, 0.15) is 0 Å². The number of hydrogen-bond acceptors (Lipinski definition) is 6. The Bertz CT molecular complexity index is 851. The number of carbonyl (C=O) groups excluding carboxylic acids is 3. The topological polar surface area (TPSA) is 90.7 Å². The average Bonchev–Trinajstić information content (AvgIpc) is 3.17. The number of carbonyl (C=O) groups is 3. The van der Waals surface area contributed by atoms with Crippen molar-refractivity contribution in [2.24, 2.45) is 5.92 Å². The number of nitrogens with zero attached hydrogens (tertiary/aromatic N) is 3. The normalized spacial score (nSPS) is 14.6. The maximum absolute atomic E-state index is 12.2. The van der Waals surface area contributed by atoms with Gasteiger partial charge in [0.25, 0.3) is 5.91 Å². The van der Waals surface area contributed by atoms with E-state index < -0.39 is 5.97 Å². The number of ether oxygens (including phenoxy) is 2. The number of rotatable bonds is 5. The lowest BCUT2D eigenvalue weighted by Gasteiger charge is -2.30. The van der Waals surface area contributed by atoms with Gasteiger partial charge in [-0.3, -0.25) is 9.59 Å². The van der Waals surface area contributed by atoms with E-state index in [-0.39, 0.29) is 24.4 Å². The van der Waals surface area contributed by atoms with Crippen LogP contribution < -0.4 is 0 Å². The number of amides is 1. The second-order valence-corrected chi connectivity index (χ2v) is 6.69. The van der Waals surface area contributed by atoms with Crippen LogP contribution in [0.25, 0.3) is 5.69 Å². The molecule has 0 atom stereocenters. The molecule has 2 heterocycles. The lowest BCUT2D eigenvalue weighted by Crippen LogP contribution is -2.42. The van der Waals surface area contributed by atoms with E-state index in [1.165, 1.54) is 7.11 Å². The van der Waals surface area contributed by atoms with Gasteiger partial charge < -0.3 is 14.4 Å². The molecule has 0 spiro atoms. The molecule has 28 heavy (non-hydrogen) atoms. The summed E-state index contributed by atoms with van der Waals surface area (Å²) in [5, 5.41) is 4.21. The Morgan fingerprint density at radius 3 is 2.36 bits per heavy atom. The molecule has 0 unspecified atom stereocenters. The van der Waals surface area contributed by atoms with Gasteiger partial charge in [-0.05, 0) is 50.1 Å². The highest BCUT2D eigenvalue weighted by Gasteiger charge is 2.28. The highest BCUT2D eigenvalue weighted by atomic mass is 16.5. The van der Waals surface area contributed by atoms with Crippen molar-refractivity contribution < 1.29 is 23.9 Å². The Kier molecular flexibility index (Phi) is 6.08. The maximum atomic E-state index is 12.2. The Balaban J connectivity index is 1.49. The summed E-state index contributed by atoms with van der Waals surface area (Å²) >= 11 is 0. The lowest BCUT2D eigenvalue weighted by atomic mass is 9.97. The minimum absolute atomic E-state index is 0.173. The van der Waals surface area contributed by atoms with Crippen molar-refractivity contribution in [1.82, 2.24) is 14.7 Å². The molecule has 3 rings (SSSR count). The number of benzene rings is 1. The van der Waals surface area contributed by atoms with Crippen LogP contribution in [0.5, 0.6) is 0 Å². The van der Waals surface area contributed by atoms with Crippen molar-refractivity contribution in [3.63, 3.8) is 0 Å². The van der Waals surface area contributed by atoms with E-state index in [4.69, 9.17) is 9.47 Å². The largest absolute Gasteiger partial charge is 0.469 e. The summed E-state index contributed by atoms with van der Waals surface area (Å²) in [4.78, 5) is 37.6. The van der Waals surface area contributed by atoms with E-state index in [1.807, 2.05) is 13.0 Å². The Morgan fingerprint density at radius 1 is 1.11 bits per heavy atom. The van der Waals surface area contributed by atoms with Crippen molar-refractivity contribution in [3.8, 4) is 5.69 Å². The number of aryl methyl sites for hydroxylation is 1. The van der Waals surface area contributed by atoms with Gasteiger partial charge in [-0.1, -0.05) is 0 Å². The minimum Gasteiger partial charge on any atom is -0.469 e. The third-order valence-corrected chi connectivity index (χ3v) is 4.89. The summed E-state index contributed by atoms with van der Waals surface area (Å²) in [5.74, 6) is -1.23. The van der Waals surface area contributed by atoms with Crippen molar-refractivity contribution in [2.45, 2.75) is 19.8 Å². The molecule has 1 fully saturated rings. The summed E-state index contributed by atoms with van der Waals surface area (Å²) in [5.41, 5.74) is 2.19. The molecular weight excluding hydrogens is 362 g/mol. The fourth-order valence-electron chi connectivity index (χ4n) is 3.21. The number of methoxy groups -OCH3 is 1. The molecule has 2 aromatic rings. The van der Waals surface area contributed by atoms with Crippen LogP contribution >= 0.6 is 0 Å². The first-order valence-electron chi connectivity index (χ1n) is 9.13. The smallest absolute Gasteiger partial charge is 0.338 e. The molecule has 0 saturated carbocycles. The molecule has 0 radical (unpaired) electrons. The molecule has 8 heteroatoms. The van der Waals surface area contributed by atoms with Crippen LogP contribution in [0.3, 0.4) is 0 Å². The van der Waals surface area contributed by atoms with Gasteiger partial charge in [0.15, 0.2) is 6.61 Å². The van der Waals surface area contributed by atoms with Crippen LogP contribution in [-0.4, -0.2) is 59.3 Å². The van der Waals surface area contributed by atoms with Crippen molar-refractivity contribution in [3.05, 3.63) is 47.8 Å². The number of hydrogen-bond donors (Lipinski definition) is 0. The maximum Gasteiger partial charge on any atom is 0.338 e. The average molecular weight is 385 g/mol. The van der Waals surface area contributed by atoms with E-state index in [0.29, 0.717) is 31.5 Å². The number of likely N-dealkylation sites (tertiary alicyclic amines) is 1. The van der Waals surface area contributed by atoms with Gasteiger partial charge in [0.2, 0.25) is 0 Å². The zero-order chi connectivity index (χ0) is 20.1. The van der Waals surface area contributed by atoms with Crippen LogP contribution in [0.15, 0.2) is 36.5 Å². The van der Waals surface area contributed by atoms with Crippen LogP contribution in [-0.2, 0) is 19.1 Å². The van der Waals surface area contributed by atoms with E-state index in [9.17, 15) is 14.4 Å². The van der Waals surface area contributed by atoms with Gasteiger partial charge in [0.05, 0.1) is 24.3 Å². The fraction of sp³-hybridized carbons (Fsp3) is 0.400. The van der Waals surface area contributed by atoms with E-state index >= 15 is 0 Å². The zero-order valence-corrected chi connectivity index (χ0v) is 16.0. The van der Waals surface area contributed by atoms with Crippen LogP contribution in [0.1, 0.15) is 28.9 Å². The van der Waals surface area contributed by atoms with Crippen molar-refractivity contribution in [2.75, 3.05) is 26.8 Å². The molecular formula is C20H23N3O5. The van der Waals surface area contributed by atoms with E-state index in [1.54, 1.807) is 40.0 Å². The van der Waals surface area contributed by atoms with Gasteiger partial charge in [0, 0.05) is 25.0 Å². The highest BCUT2D eigenvalue weighted by molar-refractivity contribution is 5.91. The van der Waals surface area contributed by atoms with Gasteiger partial charge in [-0.2, -0.15) is 5.10 Å². The molecule has 1 aliphatic heterocycles. The Hall–Kier alpha value is -3.16. The van der Waals surface area contributed by atoms with Crippen LogP contribution in [0.4, 0.5) is 0 Å². The first-order chi connectivity index (χ1) is 13.5. The monoisotopic (exact) mass is 385 g/mol. The Morgan fingerprint density at radius 2 is 1.79 bits per heavy atom. The second-order valence-electron chi connectivity index (χ2n) is 6.69. The Labute approximate surface area is 163 Å². The molecule has 8 nitrogen and oxygen atoms in total. The van der Waals surface area contributed by atoms with Crippen molar-refractivity contribution in [1.29, 1.82) is 0 Å². The van der Waals surface area contributed by atoms with Crippen LogP contribution in [0, 0.1) is 12.8 Å². The van der Waals surface area contributed by atoms with Gasteiger partial charge in [-0.25, -0.2) is 9.48 Å². The summed E-state index contributed by atoms with van der Waals surface area (Å²) in [6.45, 7) is 2.53.